The lowest BCUT2D eigenvalue weighted by atomic mass is 10.1. The highest BCUT2D eigenvalue weighted by atomic mass is 79.9. The van der Waals surface area contributed by atoms with Gasteiger partial charge in [0.05, 0.1) is 10.6 Å². The van der Waals surface area contributed by atoms with Crippen LogP contribution in [0.1, 0.15) is 27.6 Å². The van der Waals surface area contributed by atoms with Crippen molar-refractivity contribution >= 4 is 45.2 Å². The summed E-state index contributed by atoms with van der Waals surface area (Å²) < 4.78 is 0.872. The number of halogens is 2. The number of thioether (sulfide) groups is 1. The quantitative estimate of drug-likeness (QED) is 0.658. The molecular formula is C18H17BrClNOS. The van der Waals surface area contributed by atoms with Gasteiger partial charge in [-0.15, -0.1) is 0 Å². The van der Waals surface area contributed by atoms with Crippen LogP contribution in [0.3, 0.4) is 0 Å². The van der Waals surface area contributed by atoms with Crippen LogP contribution in [0.2, 0.25) is 5.02 Å². The van der Waals surface area contributed by atoms with Crippen LogP contribution in [-0.2, 0) is 0 Å². The van der Waals surface area contributed by atoms with Crippen molar-refractivity contribution in [2.45, 2.75) is 11.7 Å². The molecule has 1 saturated heterocycles. The third-order valence-electron chi connectivity index (χ3n) is 3.96. The summed E-state index contributed by atoms with van der Waals surface area (Å²) in [5, 5.41) is 0.960. The second kappa shape index (κ2) is 7.73. The smallest absolute Gasteiger partial charge is 0.255 e. The Labute approximate surface area is 154 Å². The van der Waals surface area contributed by atoms with Gasteiger partial charge in [-0.05, 0) is 30.2 Å². The third-order valence-corrected chi connectivity index (χ3v) is 6.11. The molecule has 1 aliphatic heterocycles. The fraction of sp³-hybridized carbons (Fsp3) is 0.278. The number of carbonyl (C=O) groups excluding carboxylic acids is 1. The Bertz CT molecular complexity index is 695. The molecule has 3 rings (SSSR count). The number of benzene rings is 2. The third kappa shape index (κ3) is 4.11. The predicted octanol–water partition coefficient (Wildman–Crippen LogP) is 5.42. The summed E-state index contributed by atoms with van der Waals surface area (Å²) in [6.07, 6.45) is 0.964. The van der Waals surface area contributed by atoms with Crippen LogP contribution in [0, 0.1) is 0 Å². The Morgan fingerprint density at radius 1 is 1.17 bits per heavy atom. The fourth-order valence-electron chi connectivity index (χ4n) is 2.74. The van der Waals surface area contributed by atoms with Gasteiger partial charge in [0, 0.05) is 28.6 Å². The second-order valence-electron chi connectivity index (χ2n) is 5.48. The van der Waals surface area contributed by atoms with Crippen molar-refractivity contribution in [3.8, 4) is 0 Å². The average molecular weight is 411 g/mol. The van der Waals surface area contributed by atoms with E-state index in [0.717, 1.165) is 29.7 Å². The molecule has 2 aromatic carbocycles. The predicted molar refractivity (Wildman–Crippen MR) is 101 cm³/mol. The van der Waals surface area contributed by atoms with Crippen LogP contribution in [-0.4, -0.2) is 29.6 Å². The van der Waals surface area contributed by atoms with Crippen LogP contribution < -0.4 is 0 Å². The first-order chi connectivity index (χ1) is 11.1. The summed E-state index contributed by atoms with van der Waals surface area (Å²) in [4.78, 5) is 14.7. The van der Waals surface area contributed by atoms with Gasteiger partial charge in [0.25, 0.3) is 5.91 Å². The highest BCUT2D eigenvalue weighted by Gasteiger charge is 2.24. The van der Waals surface area contributed by atoms with Crippen molar-refractivity contribution < 1.29 is 4.79 Å². The SMILES string of the molecule is O=C(c1cc(Br)ccc1Cl)N1CCSC(c2ccccc2)CC1. The molecule has 1 atom stereocenters. The maximum Gasteiger partial charge on any atom is 0.255 e. The number of hydrogen-bond donors (Lipinski definition) is 0. The molecule has 120 valence electrons. The van der Waals surface area contributed by atoms with Crippen molar-refractivity contribution in [3.63, 3.8) is 0 Å². The monoisotopic (exact) mass is 409 g/mol. The molecule has 23 heavy (non-hydrogen) atoms. The first-order valence-electron chi connectivity index (χ1n) is 7.56. The van der Waals surface area contributed by atoms with Gasteiger partial charge in [0.1, 0.15) is 0 Å². The Morgan fingerprint density at radius 3 is 2.74 bits per heavy atom. The fourth-order valence-corrected chi connectivity index (χ4v) is 4.53. The number of carbonyl (C=O) groups is 1. The standard InChI is InChI=1S/C18H17BrClNOS/c19-14-6-7-16(20)15(12-14)18(22)21-9-8-17(23-11-10-21)13-4-2-1-3-5-13/h1-7,12,17H,8-11H2. The van der Waals surface area contributed by atoms with E-state index in [4.69, 9.17) is 11.6 Å². The van der Waals surface area contributed by atoms with E-state index in [-0.39, 0.29) is 5.91 Å². The van der Waals surface area contributed by atoms with Crippen molar-refractivity contribution in [2.75, 3.05) is 18.8 Å². The van der Waals surface area contributed by atoms with E-state index in [2.05, 4.69) is 40.2 Å². The molecule has 1 fully saturated rings. The minimum atomic E-state index is 0.0191. The van der Waals surface area contributed by atoms with E-state index >= 15 is 0 Å². The number of hydrogen-bond acceptors (Lipinski definition) is 2. The van der Waals surface area contributed by atoms with Crippen LogP contribution in [0.4, 0.5) is 0 Å². The topological polar surface area (TPSA) is 20.3 Å². The summed E-state index contributed by atoms with van der Waals surface area (Å²) in [5.41, 5.74) is 1.91. The second-order valence-corrected chi connectivity index (χ2v) is 8.11. The zero-order chi connectivity index (χ0) is 16.2. The Balaban J connectivity index is 1.73. The molecule has 0 bridgehead atoms. The Morgan fingerprint density at radius 2 is 1.96 bits per heavy atom. The van der Waals surface area contributed by atoms with Crippen LogP contribution in [0.25, 0.3) is 0 Å². The molecule has 0 radical (unpaired) electrons. The lowest BCUT2D eigenvalue weighted by Gasteiger charge is -2.21. The lowest BCUT2D eigenvalue weighted by molar-refractivity contribution is 0.0766. The van der Waals surface area contributed by atoms with Gasteiger partial charge in [-0.3, -0.25) is 4.79 Å². The minimum Gasteiger partial charge on any atom is -0.338 e. The largest absolute Gasteiger partial charge is 0.338 e. The van der Waals surface area contributed by atoms with E-state index in [9.17, 15) is 4.79 Å². The molecule has 0 aliphatic carbocycles. The molecule has 1 aliphatic rings. The normalized spacial score (nSPS) is 18.5. The van der Waals surface area contributed by atoms with Gasteiger partial charge >= 0.3 is 0 Å². The number of nitrogens with zero attached hydrogens (tertiary/aromatic N) is 1. The average Bonchev–Trinajstić information content (AvgIpc) is 2.83. The molecule has 1 amide bonds. The van der Waals surface area contributed by atoms with E-state index in [1.54, 1.807) is 12.1 Å². The highest BCUT2D eigenvalue weighted by molar-refractivity contribution is 9.10. The zero-order valence-corrected chi connectivity index (χ0v) is 15.7. The maximum atomic E-state index is 12.8. The molecule has 0 spiro atoms. The summed E-state index contributed by atoms with van der Waals surface area (Å²) >= 11 is 11.5. The molecule has 0 saturated carbocycles. The first kappa shape index (κ1) is 16.9. The minimum absolute atomic E-state index is 0.0191. The summed E-state index contributed by atoms with van der Waals surface area (Å²) in [6, 6.07) is 15.9. The molecule has 5 heteroatoms. The van der Waals surface area contributed by atoms with Crippen LogP contribution in [0.15, 0.2) is 53.0 Å². The summed E-state index contributed by atoms with van der Waals surface area (Å²) in [6.45, 7) is 1.52. The van der Waals surface area contributed by atoms with Gasteiger partial charge in [0.2, 0.25) is 0 Å². The van der Waals surface area contributed by atoms with Crippen molar-refractivity contribution in [1.82, 2.24) is 4.90 Å². The van der Waals surface area contributed by atoms with Gasteiger partial charge in [-0.2, -0.15) is 11.8 Å². The highest BCUT2D eigenvalue weighted by Crippen LogP contribution is 2.34. The summed E-state index contributed by atoms with van der Waals surface area (Å²) in [7, 11) is 0. The van der Waals surface area contributed by atoms with Gasteiger partial charge in [0.15, 0.2) is 0 Å². The molecule has 1 heterocycles. The number of rotatable bonds is 2. The zero-order valence-electron chi connectivity index (χ0n) is 12.5. The van der Waals surface area contributed by atoms with Gasteiger partial charge in [-0.25, -0.2) is 0 Å². The van der Waals surface area contributed by atoms with Crippen molar-refractivity contribution in [2.24, 2.45) is 0 Å². The van der Waals surface area contributed by atoms with E-state index in [0.29, 0.717) is 15.8 Å². The van der Waals surface area contributed by atoms with Crippen LogP contribution >= 0.6 is 39.3 Å². The van der Waals surface area contributed by atoms with E-state index < -0.39 is 0 Å². The van der Waals surface area contributed by atoms with Gasteiger partial charge < -0.3 is 4.90 Å². The van der Waals surface area contributed by atoms with Crippen LogP contribution in [0.5, 0.6) is 0 Å². The molecular weight excluding hydrogens is 394 g/mol. The van der Waals surface area contributed by atoms with E-state index in [1.165, 1.54) is 5.56 Å². The molecule has 2 aromatic rings. The van der Waals surface area contributed by atoms with Crippen molar-refractivity contribution in [1.29, 1.82) is 0 Å². The summed E-state index contributed by atoms with van der Waals surface area (Å²) in [5.74, 6) is 0.960. The molecule has 0 aromatic heterocycles. The van der Waals surface area contributed by atoms with Gasteiger partial charge in [-0.1, -0.05) is 57.9 Å². The lowest BCUT2D eigenvalue weighted by Crippen LogP contribution is -2.33. The van der Waals surface area contributed by atoms with E-state index in [1.807, 2.05) is 28.8 Å². The molecule has 0 N–H and O–H groups in total. The maximum absolute atomic E-state index is 12.8. The Hall–Kier alpha value is -0.970. The molecule has 1 unspecified atom stereocenters. The van der Waals surface area contributed by atoms with Crippen molar-refractivity contribution in [3.05, 3.63) is 69.2 Å². The Kier molecular flexibility index (Phi) is 5.67. The molecule has 2 nitrogen and oxygen atoms in total. The number of amides is 1. The first-order valence-corrected chi connectivity index (χ1v) is 9.78.